The van der Waals surface area contributed by atoms with Crippen LogP contribution in [0.5, 0.6) is 0 Å². The Bertz CT molecular complexity index is 964. The molecule has 0 unspecified atom stereocenters. The second-order valence-electron chi connectivity index (χ2n) is 5.01. The molecule has 0 aliphatic rings. The molecule has 0 aliphatic heterocycles. The van der Waals surface area contributed by atoms with E-state index in [1.165, 1.54) is 0 Å². The minimum Gasteiger partial charge on any atom is -0.478 e. The smallest absolute Gasteiger partial charge is 0.335 e. The van der Waals surface area contributed by atoms with Gasteiger partial charge in [-0.2, -0.15) is 0 Å². The first-order chi connectivity index (χ1) is 12.3. The number of hydrogen-bond donors (Lipinski definition) is 4. The van der Waals surface area contributed by atoms with Crippen LogP contribution in [0.3, 0.4) is 0 Å². The normalized spacial score (nSPS) is 9.46. The van der Waals surface area contributed by atoms with Gasteiger partial charge < -0.3 is 20.8 Å². The Morgan fingerprint density at radius 2 is 1.50 bits per heavy atom. The van der Waals surface area contributed by atoms with Gasteiger partial charge in [0, 0.05) is 11.3 Å². The third-order valence-electron chi connectivity index (χ3n) is 3.30. The van der Waals surface area contributed by atoms with Crippen molar-refractivity contribution in [2.75, 3.05) is 10.6 Å². The minimum absolute atomic E-state index is 0.00448. The highest BCUT2D eigenvalue weighted by Crippen LogP contribution is 2.20. The largest absolute Gasteiger partial charge is 0.478 e. The predicted octanol–water partition coefficient (Wildman–Crippen LogP) is 2.69. The van der Waals surface area contributed by atoms with Gasteiger partial charge in [-0.1, -0.05) is 17.9 Å². The van der Waals surface area contributed by atoms with Gasteiger partial charge in [0.15, 0.2) is 0 Å². The fourth-order valence-corrected chi connectivity index (χ4v) is 2.16. The summed E-state index contributed by atoms with van der Waals surface area (Å²) in [6.07, 6.45) is 10.8. The molecule has 4 N–H and O–H groups in total. The maximum Gasteiger partial charge on any atom is 0.335 e. The van der Waals surface area contributed by atoms with Crippen molar-refractivity contribution in [3.63, 3.8) is 0 Å². The zero-order valence-electron chi connectivity index (χ0n) is 13.2. The van der Waals surface area contributed by atoms with E-state index < -0.39 is 18.0 Å². The number of carboxylic acid groups (broad SMARTS) is 2. The van der Waals surface area contributed by atoms with Crippen molar-refractivity contribution in [3.05, 3.63) is 58.7 Å². The van der Waals surface area contributed by atoms with Crippen LogP contribution in [0.4, 0.5) is 16.2 Å². The van der Waals surface area contributed by atoms with E-state index in [1.54, 1.807) is 18.2 Å². The molecule has 2 amide bonds. The van der Waals surface area contributed by atoms with E-state index in [2.05, 4.69) is 22.5 Å². The van der Waals surface area contributed by atoms with E-state index in [-0.39, 0.29) is 22.5 Å². The van der Waals surface area contributed by atoms with Crippen molar-refractivity contribution in [3.8, 4) is 24.7 Å². The minimum atomic E-state index is -1.33. The molecule has 0 saturated heterocycles. The van der Waals surface area contributed by atoms with E-state index in [0.29, 0.717) is 11.1 Å². The third kappa shape index (κ3) is 3.99. The van der Waals surface area contributed by atoms with Gasteiger partial charge in [0.25, 0.3) is 0 Å². The Labute approximate surface area is 148 Å². The first-order valence-corrected chi connectivity index (χ1v) is 7.11. The van der Waals surface area contributed by atoms with Crippen LogP contribution in [0.2, 0.25) is 0 Å². The van der Waals surface area contributed by atoms with Crippen LogP contribution in [0.25, 0.3) is 0 Å². The highest BCUT2D eigenvalue weighted by molar-refractivity contribution is 6.03. The predicted molar refractivity (Wildman–Crippen MR) is 95.3 cm³/mol. The van der Waals surface area contributed by atoms with Gasteiger partial charge >= 0.3 is 18.0 Å². The number of terminal acetylenes is 2. The monoisotopic (exact) mass is 348 g/mol. The third-order valence-corrected chi connectivity index (χ3v) is 3.30. The van der Waals surface area contributed by atoms with Crippen molar-refractivity contribution >= 4 is 29.3 Å². The molecule has 2 aromatic carbocycles. The topological polar surface area (TPSA) is 116 Å². The zero-order valence-corrected chi connectivity index (χ0v) is 13.2. The Hall–Kier alpha value is -4.23. The Morgan fingerprint density at radius 1 is 0.885 bits per heavy atom. The molecule has 0 aliphatic carbocycles. The van der Waals surface area contributed by atoms with Crippen molar-refractivity contribution in [2.45, 2.75) is 0 Å². The first kappa shape index (κ1) is 18.1. The van der Waals surface area contributed by atoms with E-state index in [4.69, 9.17) is 23.1 Å². The maximum atomic E-state index is 12.2. The summed E-state index contributed by atoms with van der Waals surface area (Å²) in [7, 11) is 0. The van der Waals surface area contributed by atoms with Crippen LogP contribution in [0, 0.1) is 24.7 Å². The highest BCUT2D eigenvalue weighted by Gasteiger charge is 2.14. The van der Waals surface area contributed by atoms with Crippen molar-refractivity contribution in [1.82, 2.24) is 0 Å². The molecule has 2 aromatic rings. The van der Waals surface area contributed by atoms with Gasteiger partial charge in [-0.15, -0.1) is 12.8 Å². The molecule has 0 saturated carbocycles. The molecule has 0 fully saturated rings. The fourth-order valence-electron chi connectivity index (χ4n) is 2.16. The van der Waals surface area contributed by atoms with Crippen molar-refractivity contribution in [2.24, 2.45) is 0 Å². The number of carboxylic acids is 2. The first-order valence-electron chi connectivity index (χ1n) is 7.11. The fraction of sp³-hybridized carbons (Fsp3) is 0. The standard InChI is InChI=1S/C19H12N2O5/c1-3-11-6-5-7-16(15(11)4-2)21-19(26)20-14-9-12(17(22)23)8-13(10-14)18(24)25/h1-2,5-10H,(H,22,23)(H,24,25)(H2,20,21,26). The van der Waals surface area contributed by atoms with Crippen LogP contribution >= 0.6 is 0 Å². The maximum absolute atomic E-state index is 12.2. The second-order valence-corrected chi connectivity index (χ2v) is 5.01. The van der Waals surface area contributed by atoms with Crippen LogP contribution in [-0.4, -0.2) is 28.2 Å². The number of amides is 2. The summed E-state index contributed by atoms with van der Waals surface area (Å²) in [5, 5.41) is 23.0. The number of anilines is 2. The SMILES string of the molecule is C#Cc1cccc(NC(=O)Nc2cc(C(=O)O)cc(C(=O)O)c2)c1C#C. The molecule has 26 heavy (non-hydrogen) atoms. The van der Waals surface area contributed by atoms with E-state index in [1.807, 2.05) is 0 Å². The van der Waals surface area contributed by atoms with Gasteiger partial charge in [-0.3, -0.25) is 0 Å². The zero-order chi connectivity index (χ0) is 19.3. The Balaban J connectivity index is 2.29. The van der Waals surface area contributed by atoms with Crippen LogP contribution < -0.4 is 10.6 Å². The molecule has 0 spiro atoms. The van der Waals surface area contributed by atoms with Crippen LogP contribution in [0.15, 0.2) is 36.4 Å². The lowest BCUT2D eigenvalue weighted by Crippen LogP contribution is -2.21. The Morgan fingerprint density at radius 3 is 2.00 bits per heavy atom. The number of benzene rings is 2. The summed E-state index contributed by atoms with van der Waals surface area (Å²) in [6, 6.07) is 7.29. The van der Waals surface area contributed by atoms with E-state index in [9.17, 15) is 14.4 Å². The Kier molecular flexibility index (Phi) is 5.27. The summed E-state index contributed by atoms with van der Waals surface area (Å²) < 4.78 is 0. The molecule has 7 nitrogen and oxygen atoms in total. The number of urea groups is 1. The average Bonchev–Trinajstić information content (AvgIpc) is 2.60. The average molecular weight is 348 g/mol. The molecule has 0 bridgehead atoms. The number of aromatic carboxylic acids is 2. The van der Waals surface area contributed by atoms with Gasteiger partial charge in [0.05, 0.1) is 22.4 Å². The van der Waals surface area contributed by atoms with Gasteiger partial charge in [0.2, 0.25) is 0 Å². The van der Waals surface area contributed by atoms with Crippen LogP contribution in [-0.2, 0) is 0 Å². The van der Waals surface area contributed by atoms with Gasteiger partial charge in [-0.05, 0) is 30.3 Å². The number of carbonyl (C=O) groups is 3. The number of nitrogens with one attached hydrogen (secondary N) is 2. The van der Waals surface area contributed by atoms with Crippen LogP contribution in [0.1, 0.15) is 31.8 Å². The lowest BCUT2D eigenvalue weighted by molar-refractivity contribution is 0.0696. The quantitative estimate of drug-likeness (QED) is 0.634. The highest BCUT2D eigenvalue weighted by atomic mass is 16.4. The van der Waals surface area contributed by atoms with Crippen molar-refractivity contribution in [1.29, 1.82) is 0 Å². The lowest BCUT2D eigenvalue weighted by Gasteiger charge is -2.11. The molecule has 128 valence electrons. The molecule has 7 heteroatoms. The van der Waals surface area contributed by atoms with Gasteiger partial charge in [0.1, 0.15) is 0 Å². The second kappa shape index (κ2) is 7.56. The number of carbonyl (C=O) groups excluding carboxylic acids is 1. The summed E-state index contributed by atoms with van der Waals surface area (Å²) in [5.41, 5.74) is 0.461. The summed E-state index contributed by atoms with van der Waals surface area (Å²) in [6.45, 7) is 0. The van der Waals surface area contributed by atoms with E-state index in [0.717, 1.165) is 18.2 Å². The number of hydrogen-bond acceptors (Lipinski definition) is 3. The van der Waals surface area contributed by atoms with E-state index >= 15 is 0 Å². The number of rotatable bonds is 4. The molecule has 0 radical (unpaired) electrons. The summed E-state index contributed by atoms with van der Waals surface area (Å²) in [5.74, 6) is 2.14. The molecule has 0 heterocycles. The lowest BCUT2D eigenvalue weighted by atomic mass is 10.1. The van der Waals surface area contributed by atoms with Gasteiger partial charge in [-0.25, -0.2) is 14.4 Å². The molecule has 2 rings (SSSR count). The van der Waals surface area contributed by atoms with Crippen molar-refractivity contribution < 1.29 is 24.6 Å². The molecular weight excluding hydrogens is 336 g/mol. The summed E-state index contributed by atoms with van der Waals surface area (Å²) >= 11 is 0. The molecular formula is C19H12N2O5. The molecule has 0 atom stereocenters. The molecule has 0 aromatic heterocycles. The summed E-state index contributed by atoms with van der Waals surface area (Å²) in [4.78, 5) is 34.4.